The Kier molecular flexibility index (Phi) is 4.13. The van der Waals surface area contributed by atoms with Crippen LogP contribution in [0.5, 0.6) is 0 Å². The average Bonchev–Trinajstić information content (AvgIpc) is 2.81. The molecular weight excluding hydrogens is 277 g/mol. The molecule has 1 aromatic heterocycles. The number of aliphatic carboxylic acids is 1. The average molecular weight is 289 g/mol. The second-order valence-corrected chi connectivity index (χ2v) is 4.27. The van der Waals surface area contributed by atoms with E-state index in [1.165, 1.54) is 29.1 Å². The molecule has 2 rings (SSSR count). The number of carboxylic acids is 1. The van der Waals surface area contributed by atoms with Crippen LogP contribution in [0.15, 0.2) is 36.7 Å². The number of aromatic nitrogens is 2. The highest BCUT2D eigenvalue weighted by Crippen LogP contribution is 2.14. The zero-order chi connectivity index (χ0) is 15.4. The van der Waals surface area contributed by atoms with Crippen molar-refractivity contribution in [2.24, 2.45) is 7.05 Å². The van der Waals surface area contributed by atoms with Crippen molar-refractivity contribution in [2.45, 2.75) is 0 Å². The molecule has 1 heterocycles. The number of carbonyl (C=O) groups excluding carboxylic acids is 1. The summed E-state index contributed by atoms with van der Waals surface area (Å²) in [5.74, 6) is -2.47. The van der Waals surface area contributed by atoms with Crippen molar-refractivity contribution in [2.75, 3.05) is 5.32 Å². The minimum atomic E-state index is -1.13. The molecule has 0 aliphatic carbocycles. The summed E-state index contributed by atoms with van der Waals surface area (Å²) in [5.41, 5.74) is 0.677. The van der Waals surface area contributed by atoms with Crippen molar-refractivity contribution >= 4 is 23.6 Å². The van der Waals surface area contributed by atoms with Gasteiger partial charge >= 0.3 is 5.97 Å². The molecular formula is C14H12FN3O3. The normalized spacial score (nSPS) is 10.8. The van der Waals surface area contributed by atoms with Gasteiger partial charge in [-0.1, -0.05) is 6.07 Å². The quantitative estimate of drug-likeness (QED) is 0.842. The minimum Gasteiger partial charge on any atom is -0.478 e. The zero-order valence-electron chi connectivity index (χ0n) is 11.1. The standard InChI is InChI=1S/C14H12FN3O3/c1-18-8-10(7-16-18)17-14(21)11-4-2-9(6-12(11)15)3-5-13(19)20/h2-8H,1H3,(H,17,21)(H,19,20). The molecule has 0 radical (unpaired) electrons. The third-order valence-electron chi connectivity index (χ3n) is 2.62. The number of benzene rings is 1. The second-order valence-electron chi connectivity index (χ2n) is 4.27. The van der Waals surface area contributed by atoms with Gasteiger partial charge < -0.3 is 10.4 Å². The number of amides is 1. The molecule has 0 unspecified atom stereocenters. The first kappa shape index (κ1) is 14.4. The summed E-state index contributed by atoms with van der Waals surface area (Å²) < 4.78 is 15.4. The number of nitrogens with one attached hydrogen (secondary N) is 1. The summed E-state index contributed by atoms with van der Waals surface area (Å²) in [6, 6.07) is 3.85. The molecule has 2 aromatic rings. The van der Waals surface area contributed by atoms with E-state index in [0.29, 0.717) is 11.3 Å². The van der Waals surface area contributed by atoms with Gasteiger partial charge in [0.1, 0.15) is 5.82 Å². The summed E-state index contributed by atoms with van der Waals surface area (Å²) in [5, 5.41) is 14.9. The number of aryl methyl sites for hydroxylation is 1. The van der Waals surface area contributed by atoms with Gasteiger partial charge in [0.2, 0.25) is 0 Å². The summed E-state index contributed by atoms with van der Waals surface area (Å²) in [7, 11) is 1.69. The van der Waals surface area contributed by atoms with Gasteiger partial charge in [-0.2, -0.15) is 5.10 Å². The number of anilines is 1. The summed E-state index contributed by atoms with van der Waals surface area (Å²) in [4.78, 5) is 22.3. The number of rotatable bonds is 4. The van der Waals surface area contributed by atoms with Crippen LogP contribution >= 0.6 is 0 Å². The molecule has 0 fully saturated rings. The first-order valence-corrected chi connectivity index (χ1v) is 5.96. The van der Waals surface area contributed by atoms with Crippen LogP contribution in [0.4, 0.5) is 10.1 Å². The monoisotopic (exact) mass is 289 g/mol. The number of hydrogen-bond acceptors (Lipinski definition) is 3. The number of carboxylic acid groups (broad SMARTS) is 1. The van der Waals surface area contributed by atoms with E-state index in [-0.39, 0.29) is 5.56 Å². The topological polar surface area (TPSA) is 84.2 Å². The van der Waals surface area contributed by atoms with Crippen LogP contribution in [0, 0.1) is 5.82 Å². The highest BCUT2D eigenvalue weighted by Gasteiger charge is 2.12. The maximum atomic E-state index is 13.9. The van der Waals surface area contributed by atoms with Crippen molar-refractivity contribution in [3.8, 4) is 0 Å². The van der Waals surface area contributed by atoms with Crippen molar-refractivity contribution < 1.29 is 19.1 Å². The molecule has 108 valence electrons. The highest BCUT2D eigenvalue weighted by atomic mass is 19.1. The van der Waals surface area contributed by atoms with Crippen LogP contribution in [-0.2, 0) is 11.8 Å². The van der Waals surface area contributed by atoms with E-state index in [9.17, 15) is 14.0 Å². The van der Waals surface area contributed by atoms with Crippen LogP contribution in [-0.4, -0.2) is 26.8 Å². The van der Waals surface area contributed by atoms with Gasteiger partial charge in [0.25, 0.3) is 5.91 Å². The Morgan fingerprint density at radius 1 is 1.43 bits per heavy atom. The molecule has 0 saturated heterocycles. The Morgan fingerprint density at radius 2 is 2.19 bits per heavy atom. The number of nitrogens with zero attached hydrogens (tertiary/aromatic N) is 2. The highest BCUT2D eigenvalue weighted by molar-refractivity contribution is 6.04. The molecule has 2 N–H and O–H groups in total. The Hall–Kier alpha value is -2.96. The third-order valence-corrected chi connectivity index (χ3v) is 2.62. The van der Waals surface area contributed by atoms with E-state index in [0.717, 1.165) is 12.1 Å². The molecule has 1 amide bonds. The molecule has 1 aromatic carbocycles. The summed E-state index contributed by atoms with van der Waals surface area (Å²) in [6.45, 7) is 0. The van der Waals surface area contributed by atoms with E-state index in [1.54, 1.807) is 13.2 Å². The Labute approximate surface area is 119 Å². The lowest BCUT2D eigenvalue weighted by atomic mass is 10.1. The first-order chi connectivity index (χ1) is 9.95. The van der Waals surface area contributed by atoms with Gasteiger partial charge in [0, 0.05) is 19.3 Å². The maximum Gasteiger partial charge on any atom is 0.328 e. The smallest absolute Gasteiger partial charge is 0.328 e. The number of carbonyl (C=O) groups is 2. The van der Waals surface area contributed by atoms with Crippen LogP contribution in [0.3, 0.4) is 0 Å². The second kappa shape index (κ2) is 6.00. The van der Waals surface area contributed by atoms with E-state index in [4.69, 9.17) is 5.11 Å². The summed E-state index contributed by atoms with van der Waals surface area (Å²) in [6.07, 6.45) is 5.16. The first-order valence-electron chi connectivity index (χ1n) is 5.96. The predicted molar refractivity (Wildman–Crippen MR) is 74.2 cm³/mol. The maximum absolute atomic E-state index is 13.9. The van der Waals surface area contributed by atoms with Gasteiger partial charge in [-0.05, 0) is 23.8 Å². The Bertz CT molecular complexity index is 722. The van der Waals surface area contributed by atoms with E-state index in [1.807, 2.05) is 0 Å². The van der Waals surface area contributed by atoms with Crippen molar-refractivity contribution in [3.05, 3.63) is 53.6 Å². The van der Waals surface area contributed by atoms with Crippen LogP contribution in [0.25, 0.3) is 6.08 Å². The van der Waals surface area contributed by atoms with Crippen molar-refractivity contribution in [1.29, 1.82) is 0 Å². The zero-order valence-corrected chi connectivity index (χ0v) is 11.1. The van der Waals surface area contributed by atoms with Gasteiger partial charge in [0.15, 0.2) is 0 Å². The molecule has 0 bridgehead atoms. The SMILES string of the molecule is Cn1cc(NC(=O)c2ccc(C=CC(=O)O)cc2F)cn1. The lowest BCUT2D eigenvalue weighted by molar-refractivity contribution is -0.131. The number of hydrogen-bond donors (Lipinski definition) is 2. The lowest BCUT2D eigenvalue weighted by Gasteiger charge is -2.04. The van der Waals surface area contributed by atoms with Gasteiger partial charge in [-0.15, -0.1) is 0 Å². The Balaban J connectivity index is 2.16. The number of halogens is 1. The molecule has 0 atom stereocenters. The fourth-order valence-corrected chi connectivity index (χ4v) is 1.67. The minimum absolute atomic E-state index is 0.133. The van der Waals surface area contributed by atoms with Crippen LogP contribution < -0.4 is 5.32 Å². The van der Waals surface area contributed by atoms with Gasteiger partial charge in [0.05, 0.1) is 17.4 Å². The molecule has 0 saturated carbocycles. The summed E-state index contributed by atoms with van der Waals surface area (Å²) >= 11 is 0. The van der Waals surface area contributed by atoms with E-state index in [2.05, 4.69) is 10.4 Å². The Morgan fingerprint density at radius 3 is 2.76 bits per heavy atom. The third kappa shape index (κ3) is 3.75. The molecule has 21 heavy (non-hydrogen) atoms. The lowest BCUT2D eigenvalue weighted by Crippen LogP contribution is -2.13. The van der Waals surface area contributed by atoms with E-state index >= 15 is 0 Å². The van der Waals surface area contributed by atoms with Gasteiger partial charge in [-0.3, -0.25) is 9.48 Å². The van der Waals surface area contributed by atoms with Gasteiger partial charge in [-0.25, -0.2) is 9.18 Å². The molecule has 6 nitrogen and oxygen atoms in total. The molecule has 0 aliphatic rings. The van der Waals surface area contributed by atoms with Crippen LogP contribution in [0.1, 0.15) is 15.9 Å². The molecule has 0 spiro atoms. The predicted octanol–water partition coefficient (Wildman–Crippen LogP) is 1.91. The van der Waals surface area contributed by atoms with Crippen molar-refractivity contribution in [1.82, 2.24) is 9.78 Å². The van der Waals surface area contributed by atoms with E-state index < -0.39 is 17.7 Å². The fourth-order valence-electron chi connectivity index (χ4n) is 1.67. The van der Waals surface area contributed by atoms with Crippen molar-refractivity contribution in [3.63, 3.8) is 0 Å². The van der Waals surface area contributed by atoms with Crippen LogP contribution in [0.2, 0.25) is 0 Å². The molecule has 0 aliphatic heterocycles. The molecule has 7 heteroatoms. The largest absolute Gasteiger partial charge is 0.478 e. The fraction of sp³-hybridized carbons (Fsp3) is 0.0714.